The maximum Gasteiger partial charge on any atom is 0.253 e. The second-order valence-corrected chi connectivity index (χ2v) is 6.76. The van der Waals surface area contributed by atoms with Gasteiger partial charge in [0.1, 0.15) is 0 Å². The van der Waals surface area contributed by atoms with Gasteiger partial charge >= 0.3 is 0 Å². The van der Waals surface area contributed by atoms with Gasteiger partial charge < -0.3 is 10.6 Å². The zero-order chi connectivity index (χ0) is 14.0. The van der Waals surface area contributed by atoms with E-state index in [1.54, 1.807) is 30.1 Å². The summed E-state index contributed by atoms with van der Waals surface area (Å²) >= 11 is 10.7. The van der Waals surface area contributed by atoms with Gasteiger partial charge in [0.2, 0.25) is 0 Å². The molecule has 2 aromatic rings. The summed E-state index contributed by atoms with van der Waals surface area (Å²) in [6, 6.07) is 8.93. The number of carbonyl (C=O) groups excluding carboxylic acids is 1. The fraction of sp³-hybridized carbons (Fsp3) is 0.154. The fourth-order valence-electron chi connectivity index (χ4n) is 1.62. The highest BCUT2D eigenvalue weighted by atomic mass is 79.9. The van der Waals surface area contributed by atoms with Crippen molar-refractivity contribution in [2.75, 3.05) is 12.8 Å². The zero-order valence-corrected chi connectivity index (χ0v) is 13.3. The van der Waals surface area contributed by atoms with Crippen LogP contribution in [0.25, 0.3) is 0 Å². The Morgan fingerprint density at radius 1 is 1.42 bits per heavy atom. The maximum absolute atomic E-state index is 12.3. The molecule has 1 amide bonds. The predicted octanol–water partition coefficient (Wildman–Crippen LogP) is 4.02. The number of hydrogen-bond acceptors (Lipinski definition) is 3. The van der Waals surface area contributed by atoms with E-state index < -0.39 is 0 Å². The van der Waals surface area contributed by atoms with Crippen LogP contribution in [0.4, 0.5) is 5.69 Å². The van der Waals surface area contributed by atoms with Crippen LogP contribution in [0.5, 0.6) is 0 Å². The Morgan fingerprint density at radius 2 is 2.16 bits per heavy atom. The highest BCUT2D eigenvalue weighted by Crippen LogP contribution is 2.24. The van der Waals surface area contributed by atoms with E-state index in [-0.39, 0.29) is 5.91 Å². The van der Waals surface area contributed by atoms with Crippen LogP contribution in [-0.4, -0.2) is 17.9 Å². The SMILES string of the molecule is CN(Cc1ccc(Cl)s1)C(=O)c1ccc(N)c(Br)c1. The van der Waals surface area contributed by atoms with Gasteiger partial charge in [-0.1, -0.05) is 11.6 Å². The van der Waals surface area contributed by atoms with Crippen LogP contribution in [0.15, 0.2) is 34.8 Å². The van der Waals surface area contributed by atoms with Gasteiger partial charge in [0.15, 0.2) is 0 Å². The van der Waals surface area contributed by atoms with Crippen molar-refractivity contribution in [3.8, 4) is 0 Å². The van der Waals surface area contributed by atoms with E-state index in [1.807, 2.05) is 12.1 Å². The lowest BCUT2D eigenvalue weighted by Gasteiger charge is -2.16. The predicted molar refractivity (Wildman–Crippen MR) is 83.7 cm³/mol. The number of benzene rings is 1. The van der Waals surface area contributed by atoms with Gasteiger partial charge in [-0.05, 0) is 46.3 Å². The molecule has 19 heavy (non-hydrogen) atoms. The number of halogens is 2. The molecule has 2 N–H and O–H groups in total. The van der Waals surface area contributed by atoms with Crippen LogP contribution in [-0.2, 0) is 6.54 Å². The van der Waals surface area contributed by atoms with Crippen molar-refractivity contribution in [1.82, 2.24) is 4.90 Å². The molecule has 0 unspecified atom stereocenters. The van der Waals surface area contributed by atoms with Crippen molar-refractivity contribution in [3.05, 3.63) is 49.6 Å². The van der Waals surface area contributed by atoms with Gasteiger partial charge in [-0.2, -0.15) is 0 Å². The van der Waals surface area contributed by atoms with Crippen molar-refractivity contribution >= 4 is 50.5 Å². The van der Waals surface area contributed by atoms with Gasteiger partial charge in [-0.3, -0.25) is 4.79 Å². The smallest absolute Gasteiger partial charge is 0.253 e. The van der Waals surface area contributed by atoms with Gasteiger partial charge in [0.05, 0.1) is 10.9 Å². The van der Waals surface area contributed by atoms with E-state index in [0.29, 0.717) is 17.8 Å². The third kappa shape index (κ3) is 3.49. The normalized spacial score (nSPS) is 10.5. The number of carbonyl (C=O) groups is 1. The number of thiophene rings is 1. The minimum absolute atomic E-state index is 0.0507. The summed E-state index contributed by atoms with van der Waals surface area (Å²) in [5.41, 5.74) is 6.92. The van der Waals surface area contributed by atoms with Crippen LogP contribution in [0.3, 0.4) is 0 Å². The van der Waals surface area contributed by atoms with E-state index in [1.165, 1.54) is 11.3 Å². The molecule has 1 aromatic carbocycles. The standard InChI is InChI=1S/C13H12BrClN2OS/c1-17(7-9-3-5-12(15)19-9)13(18)8-2-4-11(16)10(14)6-8/h2-6H,7,16H2,1H3. The molecule has 0 fully saturated rings. The minimum Gasteiger partial charge on any atom is -0.398 e. The summed E-state index contributed by atoms with van der Waals surface area (Å²) < 4.78 is 1.46. The van der Waals surface area contributed by atoms with Crippen LogP contribution < -0.4 is 5.73 Å². The first-order valence-corrected chi connectivity index (χ1v) is 7.51. The Morgan fingerprint density at radius 3 is 2.74 bits per heavy atom. The van der Waals surface area contributed by atoms with E-state index in [4.69, 9.17) is 17.3 Å². The van der Waals surface area contributed by atoms with Gasteiger partial charge in [-0.15, -0.1) is 11.3 Å². The largest absolute Gasteiger partial charge is 0.398 e. The number of anilines is 1. The highest BCUT2D eigenvalue weighted by molar-refractivity contribution is 9.10. The Balaban J connectivity index is 2.12. The van der Waals surface area contributed by atoms with E-state index >= 15 is 0 Å². The first-order valence-electron chi connectivity index (χ1n) is 5.52. The molecule has 0 aliphatic carbocycles. The Hall–Kier alpha value is -1.04. The Labute approximate surface area is 129 Å². The topological polar surface area (TPSA) is 46.3 Å². The maximum atomic E-state index is 12.3. The molecule has 6 heteroatoms. The van der Waals surface area contributed by atoms with Crippen LogP contribution in [0.1, 0.15) is 15.2 Å². The van der Waals surface area contributed by atoms with Crippen molar-refractivity contribution in [3.63, 3.8) is 0 Å². The summed E-state index contributed by atoms with van der Waals surface area (Å²) in [5, 5.41) is 0. The van der Waals surface area contributed by atoms with Crippen LogP contribution >= 0.6 is 38.9 Å². The van der Waals surface area contributed by atoms with Gasteiger partial charge in [-0.25, -0.2) is 0 Å². The number of nitrogens with two attached hydrogens (primary N) is 1. The fourth-order valence-corrected chi connectivity index (χ4v) is 3.14. The van der Waals surface area contributed by atoms with E-state index in [9.17, 15) is 4.79 Å². The number of rotatable bonds is 3. The molecule has 3 nitrogen and oxygen atoms in total. The molecular formula is C13H12BrClN2OS. The van der Waals surface area contributed by atoms with Crippen molar-refractivity contribution in [1.29, 1.82) is 0 Å². The molecule has 0 saturated carbocycles. The van der Waals surface area contributed by atoms with Crippen LogP contribution in [0.2, 0.25) is 4.34 Å². The first kappa shape index (κ1) is 14.4. The average Bonchev–Trinajstić information content (AvgIpc) is 2.77. The first-order chi connectivity index (χ1) is 8.97. The second kappa shape index (κ2) is 5.94. The molecule has 2 rings (SSSR count). The zero-order valence-electron chi connectivity index (χ0n) is 10.2. The number of hydrogen-bond donors (Lipinski definition) is 1. The van der Waals surface area contributed by atoms with E-state index in [2.05, 4.69) is 15.9 Å². The molecule has 0 spiro atoms. The van der Waals surface area contributed by atoms with Crippen molar-refractivity contribution < 1.29 is 4.79 Å². The molecule has 0 aliphatic heterocycles. The van der Waals surface area contributed by atoms with Crippen molar-refractivity contribution in [2.24, 2.45) is 0 Å². The van der Waals surface area contributed by atoms with E-state index in [0.717, 1.165) is 13.7 Å². The quantitative estimate of drug-likeness (QED) is 0.841. The third-order valence-electron chi connectivity index (χ3n) is 2.62. The Bertz CT molecular complexity index is 614. The molecule has 0 bridgehead atoms. The summed E-state index contributed by atoms with van der Waals surface area (Å²) in [7, 11) is 1.76. The molecule has 1 heterocycles. The molecule has 100 valence electrons. The number of nitrogens with zero attached hydrogens (tertiary/aromatic N) is 1. The average molecular weight is 360 g/mol. The molecular weight excluding hydrogens is 348 g/mol. The molecule has 0 saturated heterocycles. The lowest BCUT2D eigenvalue weighted by molar-refractivity contribution is 0.0786. The minimum atomic E-state index is -0.0507. The number of amides is 1. The number of nitrogen functional groups attached to an aromatic ring is 1. The summed E-state index contributed by atoms with van der Waals surface area (Å²) in [5.74, 6) is -0.0507. The second-order valence-electron chi connectivity index (χ2n) is 4.10. The molecule has 1 aromatic heterocycles. The van der Waals surface area contributed by atoms with Gasteiger partial charge in [0, 0.05) is 27.6 Å². The molecule has 0 atom stereocenters. The van der Waals surface area contributed by atoms with Crippen LogP contribution in [0, 0.1) is 0 Å². The summed E-state index contributed by atoms with van der Waals surface area (Å²) in [4.78, 5) is 15.0. The summed E-state index contributed by atoms with van der Waals surface area (Å²) in [6.45, 7) is 0.540. The van der Waals surface area contributed by atoms with Crippen molar-refractivity contribution in [2.45, 2.75) is 6.54 Å². The lowest BCUT2D eigenvalue weighted by Crippen LogP contribution is -2.25. The lowest BCUT2D eigenvalue weighted by atomic mass is 10.2. The van der Waals surface area contributed by atoms with Gasteiger partial charge in [0.25, 0.3) is 5.91 Å². The third-order valence-corrected chi connectivity index (χ3v) is 4.52. The monoisotopic (exact) mass is 358 g/mol. The highest BCUT2D eigenvalue weighted by Gasteiger charge is 2.13. The molecule has 0 aliphatic rings. The molecule has 0 radical (unpaired) electrons. The summed E-state index contributed by atoms with van der Waals surface area (Å²) in [6.07, 6.45) is 0. The Kier molecular flexibility index (Phi) is 4.50.